The molecule has 0 N–H and O–H groups in total. The molecule has 66 valence electrons. The summed E-state index contributed by atoms with van der Waals surface area (Å²) < 4.78 is 20.6. The molecule has 0 aromatic carbocycles. The summed E-state index contributed by atoms with van der Waals surface area (Å²) in [5.41, 5.74) is 0. The van der Waals surface area contributed by atoms with Gasteiger partial charge in [0.1, 0.15) is 6.61 Å². The van der Waals surface area contributed by atoms with E-state index in [1.54, 1.807) is 0 Å². The Morgan fingerprint density at radius 3 is 2.83 bits per heavy atom. The first kappa shape index (κ1) is 12.3. The predicted molar refractivity (Wildman–Crippen MR) is 55.4 cm³/mol. The average Bonchev–Trinajstić information content (AvgIpc) is 2.01. The lowest BCUT2D eigenvalue weighted by molar-refractivity contribution is 0.252. The monoisotopic (exact) mass is 300 g/mol. The molecule has 0 aromatic heterocycles. The summed E-state index contributed by atoms with van der Waals surface area (Å²) in [5.74, 6) is 0. The van der Waals surface area contributed by atoms with Crippen LogP contribution >= 0.6 is 30.6 Å². The summed E-state index contributed by atoms with van der Waals surface area (Å²) in [7, 11) is -2.03. The van der Waals surface area contributed by atoms with Crippen LogP contribution in [0, 0.1) is 11.3 Å². The van der Waals surface area contributed by atoms with Crippen LogP contribution in [-0.4, -0.2) is 17.7 Å². The van der Waals surface area contributed by atoms with Crippen LogP contribution in [0.5, 0.6) is 0 Å². The molecule has 0 fully saturated rings. The Labute approximate surface area is 86.5 Å². The zero-order valence-corrected chi connectivity index (χ0v) is 9.75. The molecule has 12 heavy (non-hydrogen) atoms. The second kappa shape index (κ2) is 7.93. The standard InChI is InChI=1S/C5H9BINO3P/c1-6(7)5-11-12(9)10-4-2-3-8/h2,4-5H2,1H3/q+1. The van der Waals surface area contributed by atoms with E-state index in [-0.39, 0.29) is 13.0 Å². The van der Waals surface area contributed by atoms with Gasteiger partial charge in [-0.15, -0.1) is 31.4 Å². The van der Waals surface area contributed by atoms with E-state index in [2.05, 4.69) is 22.4 Å². The van der Waals surface area contributed by atoms with E-state index in [9.17, 15) is 4.57 Å². The topological polar surface area (TPSA) is 59.3 Å². The van der Waals surface area contributed by atoms with E-state index in [1.165, 1.54) is 0 Å². The van der Waals surface area contributed by atoms with E-state index in [1.807, 2.05) is 12.9 Å². The maximum absolute atomic E-state index is 10.8. The molecule has 0 amide bonds. The molecule has 0 aliphatic carbocycles. The molecule has 0 saturated heterocycles. The van der Waals surface area contributed by atoms with Crippen molar-refractivity contribution in [1.82, 2.24) is 0 Å². The van der Waals surface area contributed by atoms with Gasteiger partial charge in [0.15, 0.2) is 0 Å². The normalized spacial score (nSPS) is 10.6. The highest BCUT2D eigenvalue weighted by molar-refractivity contribution is 14.1. The van der Waals surface area contributed by atoms with Crippen molar-refractivity contribution in [2.75, 3.05) is 13.1 Å². The van der Waals surface area contributed by atoms with Gasteiger partial charge in [0, 0.05) is 4.57 Å². The molecule has 0 spiro atoms. The molecule has 0 saturated carbocycles. The Morgan fingerprint density at radius 2 is 2.33 bits per heavy atom. The summed E-state index contributed by atoms with van der Waals surface area (Å²) >= 11 is 2.16. The Morgan fingerprint density at radius 1 is 1.67 bits per heavy atom. The molecule has 0 radical (unpaired) electrons. The van der Waals surface area contributed by atoms with Gasteiger partial charge in [-0.05, 0) is 0 Å². The van der Waals surface area contributed by atoms with Crippen LogP contribution in [0.3, 0.4) is 0 Å². The Kier molecular flexibility index (Phi) is 8.13. The Balaban J connectivity index is 3.29. The Bertz CT molecular complexity index is 184. The van der Waals surface area contributed by atoms with Gasteiger partial charge in [-0.2, -0.15) is 5.26 Å². The first-order valence-corrected chi connectivity index (χ1v) is 5.75. The van der Waals surface area contributed by atoms with E-state index >= 15 is 0 Å². The van der Waals surface area contributed by atoms with Crippen LogP contribution in [-0.2, 0) is 13.6 Å². The molecule has 4 nitrogen and oxygen atoms in total. The summed E-state index contributed by atoms with van der Waals surface area (Å²) in [4.78, 5) is 0. The smallest absolute Gasteiger partial charge is 0.198 e. The first-order valence-electron chi connectivity index (χ1n) is 3.41. The molecule has 0 rings (SSSR count). The van der Waals surface area contributed by atoms with Crippen LogP contribution in [0.1, 0.15) is 6.42 Å². The second-order valence-corrected chi connectivity index (χ2v) is 5.13. The van der Waals surface area contributed by atoms with E-state index < -0.39 is 8.25 Å². The molecule has 7 heteroatoms. The van der Waals surface area contributed by atoms with Gasteiger partial charge in [0.05, 0.1) is 19.0 Å². The van der Waals surface area contributed by atoms with Crippen molar-refractivity contribution >= 4 is 35.2 Å². The third-order valence-corrected chi connectivity index (χ3v) is 1.93. The van der Waals surface area contributed by atoms with Crippen molar-refractivity contribution < 1.29 is 13.6 Å². The fourth-order valence-corrected chi connectivity index (χ4v) is 1.49. The maximum Gasteiger partial charge on any atom is 0.696 e. The molecule has 0 aromatic rings. The quantitative estimate of drug-likeness (QED) is 0.326. The summed E-state index contributed by atoms with van der Waals surface area (Å²) in [6.07, 6.45) is 0.240. The van der Waals surface area contributed by atoms with Crippen LogP contribution in [0.25, 0.3) is 0 Å². The minimum atomic E-state index is -2.03. The lowest BCUT2D eigenvalue weighted by Gasteiger charge is -1.89. The SMILES string of the molecule is CB(I)CO[P+](=O)OCCC#N. The molecular weight excluding hydrogens is 291 g/mol. The largest absolute Gasteiger partial charge is 0.696 e. The van der Waals surface area contributed by atoms with Gasteiger partial charge in [-0.25, -0.2) is 0 Å². The molecule has 0 heterocycles. The minimum Gasteiger partial charge on any atom is -0.198 e. The number of nitriles is 1. The summed E-state index contributed by atoms with van der Waals surface area (Å²) in [6.45, 7) is 2.52. The number of nitrogens with zero attached hydrogens (tertiary/aromatic N) is 1. The average molecular weight is 300 g/mol. The van der Waals surface area contributed by atoms with Crippen LogP contribution in [0.15, 0.2) is 0 Å². The molecule has 0 aliphatic heterocycles. The number of hydrogen-bond donors (Lipinski definition) is 0. The lowest BCUT2D eigenvalue weighted by atomic mass is 9.84. The van der Waals surface area contributed by atoms with Gasteiger partial charge in [-0.3, -0.25) is 0 Å². The van der Waals surface area contributed by atoms with Crippen molar-refractivity contribution in [2.45, 2.75) is 13.2 Å². The predicted octanol–water partition coefficient (Wildman–Crippen LogP) is 2.19. The fourth-order valence-electron chi connectivity index (χ4n) is 0.367. The molecule has 1 unspecified atom stereocenters. The number of rotatable bonds is 6. The van der Waals surface area contributed by atoms with Crippen molar-refractivity contribution in [3.8, 4) is 6.07 Å². The van der Waals surface area contributed by atoms with Crippen LogP contribution in [0.2, 0.25) is 6.82 Å². The maximum atomic E-state index is 10.8. The zero-order chi connectivity index (χ0) is 9.40. The third-order valence-electron chi connectivity index (χ3n) is 0.820. The van der Waals surface area contributed by atoms with Crippen molar-refractivity contribution in [2.24, 2.45) is 0 Å². The van der Waals surface area contributed by atoms with Crippen molar-refractivity contribution in [1.29, 1.82) is 5.26 Å². The summed E-state index contributed by atoms with van der Waals surface area (Å²) in [5, 5.41) is 8.13. The van der Waals surface area contributed by atoms with Gasteiger partial charge in [0.25, 0.3) is 0 Å². The van der Waals surface area contributed by atoms with E-state index in [0.29, 0.717) is 11.1 Å². The van der Waals surface area contributed by atoms with Gasteiger partial charge in [-0.1, -0.05) is 6.82 Å². The summed E-state index contributed by atoms with van der Waals surface area (Å²) in [6, 6.07) is 1.88. The third kappa shape index (κ3) is 8.40. The molecule has 0 aliphatic rings. The van der Waals surface area contributed by atoms with E-state index in [4.69, 9.17) is 14.3 Å². The van der Waals surface area contributed by atoms with E-state index in [0.717, 1.165) is 0 Å². The fraction of sp³-hybridized carbons (Fsp3) is 0.800. The first-order chi connectivity index (χ1) is 5.66. The second-order valence-electron chi connectivity index (χ2n) is 2.04. The zero-order valence-electron chi connectivity index (χ0n) is 6.70. The highest BCUT2D eigenvalue weighted by atomic mass is 127. The van der Waals surface area contributed by atoms with Gasteiger partial charge < -0.3 is 0 Å². The Hall–Kier alpha value is 0.305. The van der Waals surface area contributed by atoms with Crippen LogP contribution < -0.4 is 0 Å². The van der Waals surface area contributed by atoms with Crippen molar-refractivity contribution in [3.05, 3.63) is 0 Å². The van der Waals surface area contributed by atoms with Gasteiger partial charge >= 0.3 is 8.25 Å². The van der Waals surface area contributed by atoms with Gasteiger partial charge in [0.2, 0.25) is 4.57 Å². The highest BCUT2D eigenvalue weighted by Crippen LogP contribution is 2.24. The lowest BCUT2D eigenvalue weighted by Crippen LogP contribution is -2.04. The number of hydrogen-bond acceptors (Lipinski definition) is 4. The highest BCUT2D eigenvalue weighted by Gasteiger charge is 2.21. The van der Waals surface area contributed by atoms with Crippen molar-refractivity contribution in [3.63, 3.8) is 0 Å². The minimum absolute atomic E-state index is 0.168. The molecule has 1 atom stereocenters. The number of halogens is 1. The molecular formula is C5H9BINO3P+. The molecule has 0 bridgehead atoms. The van der Waals surface area contributed by atoms with Crippen LogP contribution in [0.4, 0.5) is 0 Å².